The molecule has 9 nitrogen and oxygen atoms in total. The van der Waals surface area contributed by atoms with Crippen LogP contribution in [0.2, 0.25) is 0 Å². The molecule has 0 bridgehead atoms. The number of ether oxygens (including phenoxy) is 4. The van der Waals surface area contributed by atoms with Crippen molar-refractivity contribution in [3.05, 3.63) is 0 Å². The third-order valence-electron chi connectivity index (χ3n) is 8.97. The van der Waals surface area contributed by atoms with Crippen LogP contribution < -0.4 is 0 Å². The van der Waals surface area contributed by atoms with Gasteiger partial charge in [-0.25, -0.2) is 9.59 Å². The largest absolute Gasteiger partial charge is 0.459 e. The van der Waals surface area contributed by atoms with Crippen LogP contribution in [0, 0.1) is 28.1 Å². The highest BCUT2D eigenvalue weighted by molar-refractivity contribution is 5.93. The van der Waals surface area contributed by atoms with E-state index >= 15 is 0 Å². The molecule has 2 aliphatic carbocycles. The average molecular weight is 408 g/mol. The van der Waals surface area contributed by atoms with Crippen molar-refractivity contribution in [1.29, 1.82) is 0 Å². The minimum atomic E-state index is -1.97. The second-order valence-electron chi connectivity index (χ2n) is 10.6. The smallest absolute Gasteiger partial charge is 0.342 e. The molecule has 0 aromatic heterocycles. The predicted molar refractivity (Wildman–Crippen MR) is 90.6 cm³/mol. The summed E-state index contributed by atoms with van der Waals surface area (Å²) in [4.78, 5) is 38.1. The number of rotatable bonds is 0. The van der Waals surface area contributed by atoms with Crippen molar-refractivity contribution < 1.29 is 43.5 Å². The Kier molecular flexibility index (Phi) is 2.79. The van der Waals surface area contributed by atoms with Gasteiger partial charge in [-0.15, -0.1) is 0 Å². The lowest BCUT2D eigenvalue weighted by atomic mass is 9.51. The van der Waals surface area contributed by atoms with Crippen LogP contribution in [0.4, 0.5) is 0 Å². The first-order valence-electron chi connectivity index (χ1n) is 10.1. The number of aliphatic hydroxyl groups excluding tert-OH is 1. The van der Waals surface area contributed by atoms with Gasteiger partial charge in [0.1, 0.15) is 12.2 Å². The highest BCUT2D eigenvalue weighted by Gasteiger charge is 3.01. The van der Waals surface area contributed by atoms with E-state index in [2.05, 4.69) is 0 Å². The van der Waals surface area contributed by atoms with Crippen molar-refractivity contribution in [2.45, 2.75) is 76.3 Å². The molecular weight excluding hydrogens is 384 g/mol. The molecule has 2 N–H and O–H groups in total. The van der Waals surface area contributed by atoms with Gasteiger partial charge in [0, 0.05) is 6.42 Å². The van der Waals surface area contributed by atoms with Crippen molar-refractivity contribution in [1.82, 2.24) is 0 Å². The fourth-order valence-corrected chi connectivity index (χ4v) is 8.06. The van der Waals surface area contributed by atoms with Gasteiger partial charge in [0.05, 0.1) is 16.7 Å². The molecule has 2 spiro atoms. The molecule has 29 heavy (non-hydrogen) atoms. The second-order valence-corrected chi connectivity index (χ2v) is 10.6. The lowest BCUT2D eigenvalue weighted by molar-refractivity contribution is -0.238. The molecule has 6 fully saturated rings. The lowest BCUT2D eigenvalue weighted by Crippen LogP contribution is -2.66. The van der Waals surface area contributed by atoms with Crippen molar-refractivity contribution in [3.8, 4) is 0 Å². The monoisotopic (exact) mass is 408 g/mol. The summed E-state index contributed by atoms with van der Waals surface area (Å²) >= 11 is 0. The summed E-state index contributed by atoms with van der Waals surface area (Å²) in [5.41, 5.74) is -6.81. The Bertz CT molecular complexity index is 893. The van der Waals surface area contributed by atoms with Gasteiger partial charge < -0.3 is 29.2 Å². The predicted octanol–water partition coefficient (Wildman–Crippen LogP) is -0.340. The van der Waals surface area contributed by atoms with Crippen LogP contribution in [0.3, 0.4) is 0 Å². The summed E-state index contributed by atoms with van der Waals surface area (Å²) in [5, 5.41) is 23.0. The summed E-state index contributed by atoms with van der Waals surface area (Å²) in [7, 11) is 0. The first-order valence-corrected chi connectivity index (χ1v) is 10.1. The van der Waals surface area contributed by atoms with Crippen LogP contribution >= 0.6 is 0 Å². The lowest BCUT2D eigenvalue weighted by Gasteiger charge is -2.46. The molecule has 4 aliphatic heterocycles. The topological polar surface area (TPSA) is 129 Å². The highest BCUT2D eigenvalue weighted by atomic mass is 16.8. The van der Waals surface area contributed by atoms with Gasteiger partial charge in [0.25, 0.3) is 0 Å². The van der Waals surface area contributed by atoms with E-state index in [1.165, 1.54) is 6.92 Å². The first-order chi connectivity index (χ1) is 13.4. The minimum absolute atomic E-state index is 0.0623. The second kappa shape index (κ2) is 4.48. The molecule has 6 rings (SSSR count). The zero-order valence-corrected chi connectivity index (χ0v) is 16.6. The minimum Gasteiger partial charge on any atom is -0.459 e. The number of hydrogen-bond acceptors (Lipinski definition) is 9. The molecule has 158 valence electrons. The molecule has 2 saturated carbocycles. The first kappa shape index (κ1) is 18.1. The Morgan fingerprint density at radius 2 is 1.72 bits per heavy atom. The molecule has 1 unspecified atom stereocenters. The standard InChI is InChI=1S/C20H24O9/c1-7-12(22)26-10-6-17-9-5-8(16(2,3)4)18(17)11(21)13(23)28-15(18)29-20(17,14(24)27-9)19(7,10)25/h7-11,15,21,25H,5-6H2,1-4H3/t7-,8+,9+,10+,11+,15+,17-,18?,19-,20+/m1/s1. The van der Waals surface area contributed by atoms with Crippen LogP contribution in [-0.4, -0.2) is 63.9 Å². The Labute approximate surface area is 166 Å². The number of carbonyl (C=O) groups excluding carboxylic acids is 3. The molecule has 4 saturated heterocycles. The van der Waals surface area contributed by atoms with Crippen LogP contribution in [0.25, 0.3) is 0 Å². The van der Waals surface area contributed by atoms with E-state index in [0.717, 1.165) is 0 Å². The van der Waals surface area contributed by atoms with Crippen LogP contribution in [-0.2, 0) is 33.3 Å². The van der Waals surface area contributed by atoms with Crippen molar-refractivity contribution in [3.63, 3.8) is 0 Å². The van der Waals surface area contributed by atoms with Gasteiger partial charge in [0.15, 0.2) is 11.7 Å². The molecule has 9 heteroatoms. The van der Waals surface area contributed by atoms with Gasteiger partial charge in [-0.3, -0.25) is 4.79 Å². The summed E-state index contributed by atoms with van der Waals surface area (Å²) in [6.07, 6.45) is -3.96. The maximum atomic E-state index is 13.3. The van der Waals surface area contributed by atoms with E-state index in [9.17, 15) is 24.6 Å². The molecule has 0 amide bonds. The van der Waals surface area contributed by atoms with E-state index < -0.39 is 70.5 Å². The van der Waals surface area contributed by atoms with Gasteiger partial charge >= 0.3 is 17.9 Å². The van der Waals surface area contributed by atoms with Crippen molar-refractivity contribution in [2.75, 3.05) is 0 Å². The number of fused-ring (bicyclic) bond motifs is 1. The Hall–Kier alpha value is -1.71. The molecule has 0 radical (unpaired) electrons. The number of aliphatic hydroxyl groups is 2. The van der Waals surface area contributed by atoms with Gasteiger partial charge in [-0.1, -0.05) is 20.8 Å². The van der Waals surface area contributed by atoms with Crippen LogP contribution in [0.5, 0.6) is 0 Å². The molecule has 10 atom stereocenters. The van der Waals surface area contributed by atoms with Crippen LogP contribution in [0.15, 0.2) is 0 Å². The van der Waals surface area contributed by atoms with E-state index in [1.54, 1.807) is 0 Å². The molecular formula is C20H24O9. The van der Waals surface area contributed by atoms with Crippen molar-refractivity contribution >= 4 is 17.9 Å². The molecule has 0 aromatic carbocycles. The quantitative estimate of drug-likeness (QED) is 0.408. The molecule has 4 heterocycles. The average Bonchev–Trinajstić information content (AvgIpc) is 3.31. The maximum Gasteiger partial charge on any atom is 0.342 e. The summed E-state index contributed by atoms with van der Waals surface area (Å²) in [6, 6.07) is 0. The number of hydrogen-bond donors (Lipinski definition) is 2. The molecule has 0 aromatic rings. The van der Waals surface area contributed by atoms with Crippen molar-refractivity contribution in [2.24, 2.45) is 28.1 Å². The summed E-state index contributed by atoms with van der Waals surface area (Å²) in [5.74, 6) is -3.52. The third kappa shape index (κ3) is 1.35. The Morgan fingerprint density at radius 1 is 1.03 bits per heavy atom. The highest BCUT2D eigenvalue weighted by Crippen LogP contribution is 2.84. The zero-order valence-electron chi connectivity index (χ0n) is 16.6. The number of esters is 3. The van der Waals surface area contributed by atoms with E-state index in [4.69, 9.17) is 18.9 Å². The SMILES string of the molecule is C[C@@H]1C(=O)O[C@H]2C[C@@]34[C@@H]5C[C@@H](C(C)(C)C)C36[C@@H](OC(=O)[C@@H]6O)O[C@]4(C(=O)O5)[C@]21O. The fraction of sp³-hybridized carbons (Fsp3) is 0.850. The number of carbonyl (C=O) groups is 3. The van der Waals surface area contributed by atoms with E-state index in [-0.39, 0.29) is 17.8 Å². The van der Waals surface area contributed by atoms with Gasteiger partial charge in [-0.2, -0.15) is 0 Å². The van der Waals surface area contributed by atoms with Gasteiger partial charge in [-0.05, 0) is 24.7 Å². The molecule has 6 aliphatic rings. The third-order valence-corrected chi connectivity index (χ3v) is 8.97. The van der Waals surface area contributed by atoms with Crippen LogP contribution in [0.1, 0.15) is 40.5 Å². The Balaban J connectivity index is 1.68. The normalized spacial score (nSPS) is 59.2. The fourth-order valence-electron chi connectivity index (χ4n) is 8.06. The zero-order chi connectivity index (χ0) is 20.9. The summed E-state index contributed by atoms with van der Waals surface area (Å²) < 4.78 is 22.9. The van der Waals surface area contributed by atoms with E-state index in [1.807, 2.05) is 20.8 Å². The Morgan fingerprint density at radius 3 is 2.38 bits per heavy atom. The van der Waals surface area contributed by atoms with Gasteiger partial charge in [0.2, 0.25) is 11.9 Å². The van der Waals surface area contributed by atoms with E-state index in [0.29, 0.717) is 6.42 Å². The summed E-state index contributed by atoms with van der Waals surface area (Å²) in [6.45, 7) is 7.47. The maximum absolute atomic E-state index is 13.3.